The van der Waals surface area contributed by atoms with E-state index < -0.39 is 15.9 Å². The summed E-state index contributed by atoms with van der Waals surface area (Å²) in [5.41, 5.74) is 9.02. The van der Waals surface area contributed by atoms with Gasteiger partial charge in [-0.15, -0.1) is 0 Å². The van der Waals surface area contributed by atoms with Gasteiger partial charge in [0.2, 0.25) is 0 Å². The van der Waals surface area contributed by atoms with Gasteiger partial charge in [-0.05, 0) is 19.4 Å². The monoisotopic (exact) mass is 271 g/mol. The molecule has 0 aliphatic carbocycles. The molecule has 0 bridgehead atoms. The van der Waals surface area contributed by atoms with E-state index in [1.807, 2.05) is 32.0 Å². The molecule has 0 fully saturated rings. The van der Waals surface area contributed by atoms with Crippen molar-refractivity contribution in [3.63, 3.8) is 0 Å². The first-order chi connectivity index (χ1) is 8.34. The van der Waals surface area contributed by atoms with Gasteiger partial charge in [0.1, 0.15) is 0 Å². The first kappa shape index (κ1) is 15.1. The average molecular weight is 271 g/mol. The van der Waals surface area contributed by atoms with Crippen molar-refractivity contribution in [1.82, 2.24) is 0 Å². The lowest BCUT2D eigenvalue weighted by Gasteiger charge is -2.14. The van der Waals surface area contributed by atoms with Gasteiger partial charge in [0.15, 0.2) is 9.84 Å². The van der Waals surface area contributed by atoms with Crippen LogP contribution in [-0.2, 0) is 14.6 Å². The maximum absolute atomic E-state index is 11.8. The molecule has 18 heavy (non-hydrogen) atoms. The molecular formula is C13H21NO3S. The van der Waals surface area contributed by atoms with Crippen molar-refractivity contribution < 1.29 is 13.2 Å². The fraction of sp³-hybridized carbons (Fsp3) is 0.538. The summed E-state index contributed by atoms with van der Waals surface area (Å²) in [4.78, 5) is 0. The molecule has 1 aromatic rings. The smallest absolute Gasteiger partial charge is 0.154 e. The minimum absolute atomic E-state index is 0.0159. The van der Waals surface area contributed by atoms with Crippen LogP contribution in [0.1, 0.15) is 22.7 Å². The Morgan fingerprint density at radius 3 is 2.28 bits per heavy atom. The summed E-state index contributed by atoms with van der Waals surface area (Å²) in [5, 5.41) is 0. The number of methoxy groups -OCH3 is 1. The first-order valence-corrected chi connectivity index (χ1v) is 7.69. The van der Waals surface area contributed by atoms with E-state index in [0.717, 1.165) is 16.7 Å². The maximum Gasteiger partial charge on any atom is 0.154 e. The Balaban J connectivity index is 2.78. The molecule has 0 saturated carbocycles. The number of nitrogens with two attached hydrogens (primary N) is 1. The summed E-state index contributed by atoms with van der Waals surface area (Å²) in [6.07, 6.45) is 0. The third kappa shape index (κ3) is 4.76. The number of benzene rings is 1. The van der Waals surface area contributed by atoms with Crippen LogP contribution in [0.3, 0.4) is 0 Å². The van der Waals surface area contributed by atoms with Crippen LogP contribution in [0.4, 0.5) is 0 Å². The Bertz CT molecular complexity index is 477. The summed E-state index contributed by atoms with van der Waals surface area (Å²) in [6, 6.07) is 5.42. The molecule has 0 radical (unpaired) electrons. The third-order valence-corrected chi connectivity index (χ3v) is 4.36. The number of ether oxygens (including phenoxy) is 1. The van der Waals surface area contributed by atoms with Gasteiger partial charge in [-0.3, -0.25) is 0 Å². The minimum Gasteiger partial charge on any atom is -0.384 e. The van der Waals surface area contributed by atoms with Crippen LogP contribution >= 0.6 is 0 Å². The van der Waals surface area contributed by atoms with Crippen molar-refractivity contribution >= 4 is 9.84 Å². The van der Waals surface area contributed by atoms with Crippen molar-refractivity contribution in [1.29, 1.82) is 0 Å². The van der Waals surface area contributed by atoms with Crippen molar-refractivity contribution in [2.45, 2.75) is 19.9 Å². The summed E-state index contributed by atoms with van der Waals surface area (Å²) in [5.74, 6) is -0.0265. The van der Waals surface area contributed by atoms with E-state index in [4.69, 9.17) is 10.5 Å². The lowest BCUT2D eigenvalue weighted by molar-refractivity contribution is 0.217. The summed E-state index contributed by atoms with van der Waals surface area (Å²) in [7, 11) is -1.68. The zero-order valence-corrected chi connectivity index (χ0v) is 12.0. The number of hydrogen-bond donors (Lipinski definition) is 1. The number of hydrogen-bond acceptors (Lipinski definition) is 4. The van der Waals surface area contributed by atoms with Crippen molar-refractivity contribution in [3.8, 4) is 0 Å². The van der Waals surface area contributed by atoms with E-state index in [-0.39, 0.29) is 18.1 Å². The fourth-order valence-electron chi connectivity index (χ4n) is 1.89. The zero-order chi connectivity index (χ0) is 13.8. The second-order valence-electron chi connectivity index (χ2n) is 4.63. The molecule has 102 valence electrons. The fourth-order valence-corrected chi connectivity index (χ4v) is 3.21. The predicted octanol–water partition coefficient (Wildman–Crippen LogP) is 1.36. The van der Waals surface area contributed by atoms with Crippen molar-refractivity contribution in [2.75, 3.05) is 25.2 Å². The summed E-state index contributed by atoms with van der Waals surface area (Å²) in [6.45, 7) is 4.16. The highest BCUT2D eigenvalue weighted by Crippen LogP contribution is 2.17. The molecule has 5 heteroatoms. The highest BCUT2D eigenvalue weighted by molar-refractivity contribution is 7.91. The SMILES string of the molecule is COCCS(=O)(=O)CC(N)c1cc(C)cc(C)c1. The van der Waals surface area contributed by atoms with Gasteiger partial charge >= 0.3 is 0 Å². The van der Waals surface area contributed by atoms with E-state index in [1.165, 1.54) is 7.11 Å². The van der Waals surface area contributed by atoms with Crippen LogP contribution in [0.15, 0.2) is 18.2 Å². The second-order valence-corrected chi connectivity index (χ2v) is 6.86. The molecule has 1 rings (SSSR count). The molecule has 0 heterocycles. The Labute approximate surface area is 109 Å². The Morgan fingerprint density at radius 1 is 1.22 bits per heavy atom. The van der Waals surface area contributed by atoms with Crippen molar-refractivity contribution in [3.05, 3.63) is 34.9 Å². The number of sulfone groups is 1. The van der Waals surface area contributed by atoms with Crippen LogP contribution in [0.5, 0.6) is 0 Å². The standard InChI is InChI=1S/C13H21NO3S/c1-10-6-11(2)8-12(7-10)13(14)9-18(15,16)5-4-17-3/h6-8,13H,4-5,9,14H2,1-3H3. The van der Waals surface area contributed by atoms with Crippen LogP contribution in [-0.4, -0.2) is 33.6 Å². The molecule has 0 aliphatic rings. The topological polar surface area (TPSA) is 69.4 Å². The lowest BCUT2D eigenvalue weighted by atomic mass is 10.0. The van der Waals surface area contributed by atoms with E-state index in [0.29, 0.717) is 0 Å². The Kier molecular flexibility index (Phi) is 5.31. The predicted molar refractivity (Wildman–Crippen MR) is 73.4 cm³/mol. The molecule has 0 aliphatic heterocycles. The van der Waals surface area contributed by atoms with Gasteiger partial charge in [-0.25, -0.2) is 8.42 Å². The van der Waals surface area contributed by atoms with Gasteiger partial charge in [0.25, 0.3) is 0 Å². The Morgan fingerprint density at radius 2 is 1.78 bits per heavy atom. The highest BCUT2D eigenvalue weighted by Gasteiger charge is 2.17. The third-order valence-electron chi connectivity index (χ3n) is 2.70. The molecular weight excluding hydrogens is 250 g/mol. The Hall–Kier alpha value is -0.910. The van der Waals surface area contributed by atoms with Gasteiger partial charge in [0.05, 0.1) is 18.1 Å². The van der Waals surface area contributed by atoms with Gasteiger partial charge < -0.3 is 10.5 Å². The van der Waals surface area contributed by atoms with E-state index >= 15 is 0 Å². The first-order valence-electron chi connectivity index (χ1n) is 5.87. The molecule has 0 amide bonds. The quantitative estimate of drug-likeness (QED) is 0.848. The minimum atomic E-state index is -3.17. The van der Waals surface area contributed by atoms with Crippen LogP contribution in [0.25, 0.3) is 0 Å². The van der Waals surface area contributed by atoms with E-state index in [1.54, 1.807) is 0 Å². The molecule has 4 nitrogen and oxygen atoms in total. The van der Waals surface area contributed by atoms with E-state index in [2.05, 4.69) is 0 Å². The summed E-state index contributed by atoms with van der Waals surface area (Å²) < 4.78 is 28.3. The number of aryl methyl sites for hydroxylation is 2. The van der Waals surface area contributed by atoms with Gasteiger partial charge in [-0.1, -0.05) is 29.3 Å². The normalized spacial score (nSPS) is 13.6. The van der Waals surface area contributed by atoms with Crippen molar-refractivity contribution in [2.24, 2.45) is 5.73 Å². The van der Waals surface area contributed by atoms with Gasteiger partial charge in [-0.2, -0.15) is 0 Å². The van der Waals surface area contributed by atoms with Gasteiger partial charge in [0, 0.05) is 13.2 Å². The number of rotatable bonds is 6. The molecule has 1 aromatic carbocycles. The molecule has 0 aromatic heterocycles. The van der Waals surface area contributed by atoms with E-state index in [9.17, 15) is 8.42 Å². The molecule has 1 atom stereocenters. The largest absolute Gasteiger partial charge is 0.384 e. The zero-order valence-electron chi connectivity index (χ0n) is 11.1. The van der Waals surface area contributed by atoms with Crippen LogP contribution in [0.2, 0.25) is 0 Å². The maximum atomic E-state index is 11.8. The lowest BCUT2D eigenvalue weighted by Crippen LogP contribution is -2.25. The average Bonchev–Trinajstić information content (AvgIpc) is 2.24. The summed E-state index contributed by atoms with van der Waals surface area (Å²) >= 11 is 0. The van der Waals surface area contributed by atoms with Crippen LogP contribution < -0.4 is 5.73 Å². The second kappa shape index (κ2) is 6.31. The molecule has 2 N–H and O–H groups in total. The van der Waals surface area contributed by atoms with Crippen LogP contribution in [0, 0.1) is 13.8 Å². The highest BCUT2D eigenvalue weighted by atomic mass is 32.2. The molecule has 1 unspecified atom stereocenters. The molecule has 0 saturated heterocycles. The molecule has 0 spiro atoms.